The number of fused-ring (bicyclic) bond motifs is 1. The topological polar surface area (TPSA) is 55.6 Å². The van der Waals surface area contributed by atoms with Crippen LogP contribution in [0.2, 0.25) is 0 Å². The van der Waals surface area contributed by atoms with E-state index < -0.39 is 5.60 Å². The maximum atomic E-state index is 12.3. The molecule has 1 aromatic rings. The number of nitrogens with zero attached hydrogens (tertiary/aromatic N) is 1. The van der Waals surface area contributed by atoms with Crippen molar-refractivity contribution in [2.75, 3.05) is 5.73 Å². The standard InChI is InChI=1S/C15H22N2O2/c1-14(2,3)19-13(18)17-9-10-8-11(16)6-7-12(10)15(17,4)5/h6-8H,9,16H2,1-5H3. The van der Waals surface area contributed by atoms with Crippen molar-refractivity contribution in [3.63, 3.8) is 0 Å². The summed E-state index contributed by atoms with van der Waals surface area (Å²) in [7, 11) is 0. The monoisotopic (exact) mass is 262 g/mol. The minimum Gasteiger partial charge on any atom is -0.444 e. The Bertz CT molecular complexity index is 515. The van der Waals surface area contributed by atoms with E-state index in [4.69, 9.17) is 10.5 Å². The van der Waals surface area contributed by atoms with Gasteiger partial charge in [0.05, 0.1) is 12.1 Å². The third-order valence-corrected chi connectivity index (χ3v) is 3.41. The van der Waals surface area contributed by atoms with Gasteiger partial charge in [-0.25, -0.2) is 4.79 Å². The van der Waals surface area contributed by atoms with Crippen LogP contribution in [0, 0.1) is 0 Å². The van der Waals surface area contributed by atoms with Crippen LogP contribution in [-0.2, 0) is 16.8 Å². The van der Waals surface area contributed by atoms with Crippen LogP contribution in [0.15, 0.2) is 18.2 Å². The molecule has 1 heterocycles. The van der Waals surface area contributed by atoms with Crippen molar-refractivity contribution in [3.8, 4) is 0 Å². The fourth-order valence-corrected chi connectivity index (χ4v) is 2.46. The van der Waals surface area contributed by atoms with Crippen LogP contribution in [0.5, 0.6) is 0 Å². The molecule has 104 valence electrons. The van der Waals surface area contributed by atoms with E-state index in [1.807, 2.05) is 52.8 Å². The number of rotatable bonds is 0. The molecule has 0 spiro atoms. The van der Waals surface area contributed by atoms with E-state index in [2.05, 4.69) is 0 Å². The molecule has 0 bridgehead atoms. The van der Waals surface area contributed by atoms with Gasteiger partial charge < -0.3 is 10.5 Å². The lowest BCUT2D eigenvalue weighted by Crippen LogP contribution is -2.43. The number of carbonyl (C=O) groups excluding carboxylic acids is 1. The zero-order valence-corrected chi connectivity index (χ0v) is 12.3. The number of hydrogen-bond donors (Lipinski definition) is 1. The van der Waals surface area contributed by atoms with Crippen molar-refractivity contribution in [3.05, 3.63) is 29.3 Å². The van der Waals surface area contributed by atoms with E-state index in [-0.39, 0.29) is 11.6 Å². The van der Waals surface area contributed by atoms with Gasteiger partial charge in [-0.1, -0.05) is 6.07 Å². The maximum absolute atomic E-state index is 12.3. The van der Waals surface area contributed by atoms with Gasteiger partial charge in [-0.05, 0) is 57.9 Å². The number of amides is 1. The van der Waals surface area contributed by atoms with Crippen LogP contribution in [0.3, 0.4) is 0 Å². The Morgan fingerprint density at radius 2 is 2.00 bits per heavy atom. The van der Waals surface area contributed by atoms with Crippen LogP contribution in [0.25, 0.3) is 0 Å². The van der Waals surface area contributed by atoms with E-state index in [0.717, 1.165) is 16.8 Å². The van der Waals surface area contributed by atoms with Gasteiger partial charge in [0.1, 0.15) is 5.60 Å². The molecule has 0 saturated heterocycles. The zero-order valence-electron chi connectivity index (χ0n) is 12.3. The summed E-state index contributed by atoms with van der Waals surface area (Å²) in [5.74, 6) is 0. The highest BCUT2D eigenvalue weighted by atomic mass is 16.6. The highest BCUT2D eigenvalue weighted by Crippen LogP contribution is 2.40. The highest BCUT2D eigenvalue weighted by molar-refractivity contribution is 5.71. The van der Waals surface area contributed by atoms with Crippen LogP contribution in [0.1, 0.15) is 45.7 Å². The first-order valence-electron chi connectivity index (χ1n) is 6.51. The van der Waals surface area contributed by atoms with E-state index in [1.54, 1.807) is 4.90 Å². The summed E-state index contributed by atoms with van der Waals surface area (Å²) >= 11 is 0. The second-order valence-electron chi connectivity index (χ2n) is 6.54. The molecule has 1 aromatic carbocycles. The number of anilines is 1. The van der Waals surface area contributed by atoms with Gasteiger partial charge in [0, 0.05) is 5.69 Å². The number of hydrogen-bond acceptors (Lipinski definition) is 3. The average molecular weight is 262 g/mol. The molecule has 0 unspecified atom stereocenters. The van der Waals surface area contributed by atoms with Gasteiger partial charge in [0.15, 0.2) is 0 Å². The molecule has 0 aromatic heterocycles. The lowest BCUT2D eigenvalue weighted by atomic mass is 9.94. The molecular weight excluding hydrogens is 240 g/mol. The summed E-state index contributed by atoms with van der Waals surface area (Å²) in [5, 5.41) is 0. The van der Waals surface area contributed by atoms with Gasteiger partial charge in [0.2, 0.25) is 0 Å². The van der Waals surface area contributed by atoms with E-state index in [1.165, 1.54) is 0 Å². The van der Waals surface area contributed by atoms with Crippen LogP contribution in [0.4, 0.5) is 10.5 Å². The molecular formula is C15H22N2O2. The van der Waals surface area contributed by atoms with Crippen molar-refractivity contribution < 1.29 is 9.53 Å². The quantitative estimate of drug-likeness (QED) is 0.730. The smallest absolute Gasteiger partial charge is 0.411 e. The fourth-order valence-electron chi connectivity index (χ4n) is 2.46. The number of nitrogen functional groups attached to an aromatic ring is 1. The third kappa shape index (κ3) is 2.53. The van der Waals surface area contributed by atoms with E-state index in [0.29, 0.717) is 6.54 Å². The average Bonchev–Trinajstić information content (AvgIpc) is 2.47. The van der Waals surface area contributed by atoms with Gasteiger partial charge in [0.25, 0.3) is 0 Å². The van der Waals surface area contributed by atoms with Crippen molar-refractivity contribution in [1.29, 1.82) is 0 Å². The second-order valence-corrected chi connectivity index (χ2v) is 6.54. The van der Waals surface area contributed by atoms with Gasteiger partial charge in [-0.3, -0.25) is 4.90 Å². The SMILES string of the molecule is CC(C)(C)OC(=O)N1Cc2cc(N)ccc2C1(C)C. The minimum atomic E-state index is -0.485. The van der Waals surface area contributed by atoms with Crippen molar-refractivity contribution in [2.24, 2.45) is 0 Å². The predicted molar refractivity (Wildman–Crippen MR) is 75.7 cm³/mol. The second kappa shape index (κ2) is 4.15. The molecule has 0 fully saturated rings. The molecule has 2 rings (SSSR count). The normalized spacial score (nSPS) is 17.2. The fraction of sp³-hybridized carbons (Fsp3) is 0.533. The largest absolute Gasteiger partial charge is 0.444 e. The highest BCUT2D eigenvalue weighted by Gasteiger charge is 2.41. The summed E-state index contributed by atoms with van der Waals surface area (Å²) in [6, 6.07) is 5.80. The Hall–Kier alpha value is -1.71. The molecule has 0 aliphatic carbocycles. The van der Waals surface area contributed by atoms with Crippen LogP contribution in [-0.4, -0.2) is 16.6 Å². The first-order valence-corrected chi connectivity index (χ1v) is 6.51. The molecule has 4 nitrogen and oxygen atoms in total. The predicted octanol–water partition coefficient (Wildman–Crippen LogP) is 3.25. The van der Waals surface area contributed by atoms with Gasteiger partial charge in [-0.15, -0.1) is 0 Å². The van der Waals surface area contributed by atoms with Crippen molar-refractivity contribution in [1.82, 2.24) is 4.90 Å². The Morgan fingerprint density at radius 3 is 2.58 bits per heavy atom. The first-order chi connectivity index (χ1) is 8.61. The van der Waals surface area contributed by atoms with Crippen molar-refractivity contribution in [2.45, 2.75) is 52.3 Å². The Labute approximate surface area is 114 Å². The van der Waals surface area contributed by atoms with Crippen molar-refractivity contribution >= 4 is 11.8 Å². The molecule has 1 aliphatic heterocycles. The summed E-state index contributed by atoms with van der Waals surface area (Å²) in [6.45, 7) is 10.2. The van der Waals surface area contributed by atoms with Crippen LogP contribution >= 0.6 is 0 Å². The first kappa shape index (κ1) is 13.7. The van der Waals surface area contributed by atoms with Crippen LogP contribution < -0.4 is 5.73 Å². The molecule has 0 atom stereocenters. The zero-order chi connectivity index (χ0) is 14.4. The molecule has 1 aliphatic rings. The van der Waals surface area contributed by atoms with Gasteiger partial charge >= 0.3 is 6.09 Å². The number of ether oxygens (including phenoxy) is 1. The molecule has 4 heteroatoms. The summed E-state index contributed by atoms with van der Waals surface area (Å²) < 4.78 is 5.47. The summed E-state index contributed by atoms with van der Waals surface area (Å²) in [5.41, 5.74) is 7.90. The lowest BCUT2D eigenvalue weighted by molar-refractivity contribution is 0.00519. The number of carbonyl (C=O) groups is 1. The lowest BCUT2D eigenvalue weighted by Gasteiger charge is -2.34. The molecule has 19 heavy (non-hydrogen) atoms. The summed E-state index contributed by atoms with van der Waals surface area (Å²) in [6.07, 6.45) is -0.285. The third-order valence-electron chi connectivity index (χ3n) is 3.41. The number of benzene rings is 1. The Balaban J connectivity index is 2.30. The molecule has 0 saturated carbocycles. The van der Waals surface area contributed by atoms with E-state index in [9.17, 15) is 4.79 Å². The molecule has 2 N–H and O–H groups in total. The molecule has 1 amide bonds. The maximum Gasteiger partial charge on any atom is 0.411 e. The van der Waals surface area contributed by atoms with E-state index >= 15 is 0 Å². The minimum absolute atomic E-state index is 0.285. The van der Waals surface area contributed by atoms with Gasteiger partial charge in [-0.2, -0.15) is 0 Å². The molecule has 0 radical (unpaired) electrons. The Morgan fingerprint density at radius 1 is 1.37 bits per heavy atom. The number of nitrogens with two attached hydrogens (primary N) is 1. The summed E-state index contributed by atoms with van der Waals surface area (Å²) in [4.78, 5) is 14.1. The Kier molecular flexibility index (Phi) is 3.00.